The van der Waals surface area contributed by atoms with Gasteiger partial charge in [0.1, 0.15) is 0 Å². The van der Waals surface area contributed by atoms with E-state index in [4.69, 9.17) is 0 Å². The number of hydrogen-bond donors (Lipinski definition) is 0. The summed E-state index contributed by atoms with van der Waals surface area (Å²) in [6, 6.07) is 0. The van der Waals surface area contributed by atoms with Crippen molar-refractivity contribution in [2.75, 3.05) is 18.3 Å². The lowest BCUT2D eigenvalue weighted by molar-refractivity contribution is 0.531. The molecule has 2 rings (SSSR count). The van der Waals surface area contributed by atoms with E-state index in [-0.39, 0.29) is 12.7 Å². The molecule has 0 aromatic heterocycles. The van der Waals surface area contributed by atoms with E-state index in [1.807, 2.05) is 0 Å². The highest BCUT2D eigenvalue weighted by molar-refractivity contribution is 7.99. The summed E-state index contributed by atoms with van der Waals surface area (Å²) in [5, 5.41) is -0.0208. The van der Waals surface area contributed by atoms with Crippen LogP contribution in [0.4, 0.5) is 0 Å². The van der Waals surface area contributed by atoms with Gasteiger partial charge in [0, 0.05) is 18.3 Å². The third-order valence-corrected chi connectivity index (χ3v) is 7.36. The Balaban J connectivity index is 0.000000385. The molecule has 0 heterocycles. The molecule has 0 N–H and O–H groups in total. The Kier molecular flexibility index (Phi) is 7.68. The van der Waals surface area contributed by atoms with Gasteiger partial charge < -0.3 is 0 Å². The summed E-state index contributed by atoms with van der Waals surface area (Å²) in [6.45, 7) is 8.64. The zero-order valence-corrected chi connectivity index (χ0v) is 16.0. The van der Waals surface area contributed by atoms with Crippen molar-refractivity contribution in [3.63, 3.8) is 0 Å². The molecule has 2 fully saturated rings. The van der Waals surface area contributed by atoms with E-state index < -0.39 is 19.4 Å². The summed E-state index contributed by atoms with van der Waals surface area (Å²) in [7, 11) is -4.45. The van der Waals surface area contributed by atoms with Gasteiger partial charge in [0.25, 0.3) is 0 Å². The van der Waals surface area contributed by atoms with Crippen LogP contribution in [0.1, 0.15) is 48.0 Å². The molecule has 0 spiro atoms. The summed E-state index contributed by atoms with van der Waals surface area (Å²) in [5.41, 5.74) is 0. The molecule has 0 bridgehead atoms. The van der Waals surface area contributed by atoms with E-state index in [0.717, 1.165) is 24.0 Å². The van der Waals surface area contributed by atoms with Gasteiger partial charge in [-0.05, 0) is 57.8 Å². The van der Waals surface area contributed by atoms with Crippen LogP contribution in [0.15, 0.2) is 0 Å². The molecule has 0 aromatic carbocycles. The molecule has 2 aliphatic rings. The van der Waals surface area contributed by atoms with E-state index in [0.29, 0.717) is 17.8 Å². The van der Waals surface area contributed by atoms with Crippen LogP contribution in [-0.2, 0) is 19.4 Å². The molecule has 5 atom stereocenters. The SMILES string of the molecule is C.C=S(C)(=O)CC1CC1C(C)C.CC(C)C1CC1S(C)(=O)=O. The Labute approximate surface area is 139 Å². The zero-order chi connectivity index (χ0) is 16.6. The van der Waals surface area contributed by atoms with Crippen molar-refractivity contribution in [3.05, 3.63) is 0 Å². The van der Waals surface area contributed by atoms with Gasteiger partial charge in [-0.1, -0.05) is 35.1 Å². The quantitative estimate of drug-likeness (QED) is 0.713. The number of hydrogen-bond acceptors (Lipinski definition) is 3. The molecule has 0 aromatic rings. The maximum Gasteiger partial charge on any atom is 0.150 e. The molecule has 0 saturated heterocycles. The third kappa shape index (κ3) is 7.49. The minimum atomic E-state index is -2.72. The van der Waals surface area contributed by atoms with Crippen LogP contribution in [0.25, 0.3) is 0 Å². The largest absolute Gasteiger partial charge is 0.268 e. The molecule has 2 saturated carbocycles. The molecule has 5 unspecified atom stereocenters. The van der Waals surface area contributed by atoms with Gasteiger partial charge >= 0.3 is 0 Å². The normalized spacial score (nSPS) is 32.5. The molecule has 3 nitrogen and oxygen atoms in total. The Morgan fingerprint density at radius 2 is 1.41 bits per heavy atom. The summed E-state index contributed by atoms with van der Waals surface area (Å²) < 4.78 is 33.1. The highest BCUT2D eigenvalue weighted by Crippen LogP contribution is 2.44. The average Bonchev–Trinajstić information content (AvgIpc) is 3.07. The van der Waals surface area contributed by atoms with Crippen LogP contribution in [-0.4, -0.2) is 42.0 Å². The summed E-state index contributed by atoms with van der Waals surface area (Å²) >= 11 is 0. The third-order valence-electron chi connectivity index (χ3n) is 4.59. The molecule has 2 aliphatic carbocycles. The first-order valence-electron chi connectivity index (χ1n) is 7.81. The molecular weight excluding hydrogens is 316 g/mol. The van der Waals surface area contributed by atoms with Crippen LogP contribution in [0.3, 0.4) is 0 Å². The van der Waals surface area contributed by atoms with Gasteiger partial charge in [-0.15, -0.1) is 0 Å². The summed E-state index contributed by atoms with van der Waals surface area (Å²) in [4.78, 5) is 0. The summed E-state index contributed by atoms with van der Waals surface area (Å²) in [5.74, 6) is 7.79. The monoisotopic (exact) mass is 352 g/mol. The minimum absolute atomic E-state index is 0. The Bertz CT molecular complexity index is 544. The van der Waals surface area contributed by atoms with Crippen LogP contribution in [0, 0.1) is 29.6 Å². The second-order valence-electron chi connectivity index (χ2n) is 7.77. The van der Waals surface area contributed by atoms with Crippen LogP contribution in [0.2, 0.25) is 0 Å². The van der Waals surface area contributed by atoms with Crippen LogP contribution >= 0.6 is 0 Å². The van der Waals surface area contributed by atoms with Gasteiger partial charge in [0.2, 0.25) is 0 Å². The number of rotatable bonds is 5. The van der Waals surface area contributed by atoms with Crippen molar-refractivity contribution >= 4 is 25.2 Å². The van der Waals surface area contributed by atoms with Crippen molar-refractivity contribution < 1.29 is 12.6 Å². The molecule has 0 radical (unpaired) electrons. The van der Waals surface area contributed by atoms with Gasteiger partial charge in [-0.3, -0.25) is 4.21 Å². The highest BCUT2D eigenvalue weighted by atomic mass is 32.2. The molecule has 0 aliphatic heterocycles. The Morgan fingerprint density at radius 3 is 1.59 bits per heavy atom. The molecule has 0 amide bonds. The summed E-state index contributed by atoms with van der Waals surface area (Å²) in [6.07, 6.45) is 5.26. The van der Waals surface area contributed by atoms with Gasteiger partial charge in [0.15, 0.2) is 9.84 Å². The standard InChI is InChI=1S/C9H18OS.C7H14O2S.CH4/c1-7(2)9-5-8(9)6-11(3,4)10;1-5(2)6-4-7(6)10(3,8)9;/h7-9H,3,5-6H2,1-2,4H3;5-7H,4H2,1-3H3;1H4. The lowest BCUT2D eigenvalue weighted by atomic mass is 10.1. The topological polar surface area (TPSA) is 51.2 Å². The van der Waals surface area contributed by atoms with Crippen LogP contribution in [0.5, 0.6) is 0 Å². The van der Waals surface area contributed by atoms with Crippen molar-refractivity contribution in [2.24, 2.45) is 29.6 Å². The smallest absolute Gasteiger partial charge is 0.150 e. The molecular formula is C17H36O3S2. The lowest BCUT2D eigenvalue weighted by Gasteiger charge is -2.03. The fraction of sp³-hybridized carbons (Fsp3) is 0.941. The van der Waals surface area contributed by atoms with E-state index in [1.54, 1.807) is 6.26 Å². The van der Waals surface area contributed by atoms with Gasteiger partial charge in [-0.2, -0.15) is 0 Å². The van der Waals surface area contributed by atoms with Crippen molar-refractivity contribution in [1.29, 1.82) is 0 Å². The van der Waals surface area contributed by atoms with Gasteiger partial charge in [-0.25, -0.2) is 8.42 Å². The maximum atomic E-state index is 11.3. The fourth-order valence-corrected chi connectivity index (χ4v) is 5.93. The zero-order valence-electron chi connectivity index (χ0n) is 14.3. The maximum absolute atomic E-state index is 11.3. The predicted molar refractivity (Wildman–Crippen MR) is 101 cm³/mol. The van der Waals surface area contributed by atoms with Crippen molar-refractivity contribution in [3.8, 4) is 0 Å². The molecule has 5 heteroatoms. The van der Waals surface area contributed by atoms with E-state index in [2.05, 4.69) is 33.6 Å². The Hall–Kier alpha value is -0.0300. The predicted octanol–water partition coefficient (Wildman–Crippen LogP) is 3.34. The van der Waals surface area contributed by atoms with Crippen molar-refractivity contribution in [2.45, 2.75) is 53.2 Å². The first-order valence-corrected chi connectivity index (χ1v) is 12.1. The van der Waals surface area contributed by atoms with E-state index >= 15 is 0 Å². The first-order chi connectivity index (χ1) is 9.33. The number of sulfone groups is 1. The molecule has 22 heavy (non-hydrogen) atoms. The van der Waals surface area contributed by atoms with Crippen LogP contribution < -0.4 is 0 Å². The van der Waals surface area contributed by atoms with Gasteiger partial charge in [0.05, 0.1) is 5.25 Å². The van der Waals surface area contributed by atoms with E-state index in [1.165, 1.54) is 12.7 Å². The average molecular weight is 353 g/mol. The second kappa shape index (κ2) is 7.69. The Morgan fingerprint density at radius 1 is 0.955 bits per heavy atom. The fourth-order valence-electron chi connectivity index (χ4n) is 3.12. The van der Waals surface area contributed by atoms with E-state index in [9.17, 15) is 12.6 Å². The second-order valence-corrected chi connectivity index (χ2v) is 12.7. The first kappa shape index (κ1) is 22.0. The minimum Gasteiger partial charge on any atom is -0.268 e. The van der Waals surface area contributed by atoms with Crippen molar-refractivity contribution in [1.82, 2.24) is 0 Å². The highest BCUT2D eigenvalue weighted by Gasteiger charge is 2.46. The molecule has 134 valence electrons. The lowest BCUT2D eigenvalue weighted by Crippen LogP contribution is -2.08.